The van der Waals surface area contributed by atoms with Gasteiger partial charge in [0.2, 0.25) is 0 Å². The Hall–Kier alpha value is -0.570. The van der Waals surface area contributed by atoms with Gasteiger partial charge < -0.3 is 5.32 Å². The van der Waals surface area contributed by atoms with Gasteiger partial charge in [-0.05, 0) is 36.4 Å². The summed E-state index contributed by atoms with van der Waals surface area (Å²) in [6.07, 6.45) is 0. The summed E-state index contributed by atoms with van der Waals surface area (Å²) in [4.78, 5) is 0. The van der Waals surface area contributed by atoms with Crippen LogP contribution < -0.4 is 5.32 Å². The minimum atomic E-state index is 0.377. The molecular formula is C11H12ClNS. The summed E-state index contributed by atoms with van der Waals surface area (Å²) in [6, 6.07) is 6.44. The lowest BCUT2D eigenvalue weighted by atomic mass is 10.1. The molecule has 1 aromatic heterocycles. The lowest BCUT2D eigenvalue weighted by Crippen LogP contribution is -2.11. The molecule has 0 saturated carbocycles. The van der Waals surface area contributed by atoms with E-state index < -0.39 is 0 Å². The molecule has 0 aliphatic heterocycles. The number of hydrogen-bond donors (Lipinski definition) is 1. The molecule has 0 aliphatic rings. The van der Waals surface area contributed by atoms with Crippen LogP contribution in [-0.4, -0.2) is 7.05 Å². The van der Waals surface area contributed by atoms with Gasteiger partial charge in [0.15, 0.2) is 0 Å². The molecule has 1 unspecified atom stereocenters. The van der Waals surface area contributed by atoms with Crippen molar-refractivity contribution in [2.24, 2.45) is 0 Å². The Morgan fingerprint density at radius 3 is 2.93 bits per heavy atom. The average molecular weight is 226 g/mol. The Bertz CT molecular complexity index is 449. The highest BCUT2D eigenvalue weighted by Crippen LogP contribution is 2.34. The molecule has 0 amide bonds. The highest BCUT2D eigenvalue weighted by atomic mass is 35.5. The maximum absolute atomic E-state index is 6.11. The second kappa shape index (κ2) is 3.89. The summed E-state index contributed by atoms with van der Waals surface area (Å²) < 4.78 is 1.19. The quantitative estimate of drug-likeness (QED) is 0.819. The predicted octanol–water partition coefficient (Wildman–Crippen LogP) is 3.84. The molecule has 2 rings (SSSR count). The Morgan fingerprint density at radius 1 is 1.43 bits per heavy atom. The molecule has 2 aromatic rings. The zero-order valence-electron chi connectivity index (χ0n) is 8.17. The summed E-state index contributed by atoms with van der Waals surface area (Å²) in [6.45, 7) is 2.16. The van der Waals surface area contributed by atoms with Crippen molar-refractivity contribution in [1.29, 1.82) is 0 Å². The van der Waals surface area contributed by atoms with Crippen LogP contribution in [0.4, 0.5) is 0 Å². The molecule has 1 heterocycles. The van der Waals surface area contributed by atoms with E-state index in [-0.39, 0.29) is 0 Å². The molecule has 1 nitrogen and oxygen atoms in total. The van der Waals surface area contributed by atoms with Crippen molar-refractivity contribution in [1.82, 2.24) is 5.32 Å². The first-order chi connectivity index (χ1) is 6.74. The van der Waals surface area contributed by atoms with Gasteiger partial charge in [-0.3, -0.25) is 0 Å². The van der Waals surface area contributed by atoms with Gasteiger partial charge in [0.1, 0.15) is 0 Å². The number of rotatable bonds is 2. The number of benzene rings is 1. The van der Waals surface area contributed by atoms with Gasteiger partial charge in [0.25, 0.3) is 0 Å². The highest BCUT2D eigenvalue weighted by Gasteiger charge is 2.10. The summed E-state index contributed by atoms with van der Waals surface area (Å²) in [5, 5.41) is 7.54. The van der Waals surface area contributed by atoms with Crippen LogP contribution in [0.25, 0.3) is 10.1 Å². The van der Waals surface area contributed by atoms with Crippen LogP contribution in [0, 0.1) is 0 Å². The van der Waals surface area contributed by atoms with Crippen LogP contribution in [0.5, 0.6) is 0 Å². The average Bonchev–Trinajstić information content (AvgIpc) is 2.62. The van der Waals surface area contributed by atoms with Crippen molar-refractivity contribution in [3.8, 4) is 0 Å². The Labute approximate surface area is 92.7 Å². The molecule has 0 fully saturated rings. The third-order valence-electron chi connectivity index (χ3n) is 2.48. The van der Waals surface area contributed by atoms with Crippen molar-refractivity contribution < 1.29 is 0 Å². The maximum atomic E-state index is 6.11. The summed E-state index contributed by atoms with van der Waals surface area (Å²) >= 11 is 7.82. The molecule has 74 valence electrons. The van der Waals surface area contributed by atoms with E-state index in [1.165, 1.54) is 15.6 Å². The lowest BCUT2D eigenvalue weighted by molar-refractivity contribution is 0.659. The summed E-state index contributed by atoms with van der Waals surface area (Å²) in [5.41, 5.74) is 1.33. The molecule has 1 aromatic carbocycles. The van der Waals surface area contributed by atoms with Crippen LogP contribution in [-0.2, 0) is 0 Å². The van der Waals surface area contributed by atoms with Gasteiger partial charge in [-0.15, -0.1) is 11.3 Å². The van der Waals surface area contributed by atoms with E-state index in [4.69, 9.17) is 11.6 Å². The summed E-state index contributed by atoms with van der Waals surface area (Å²) in [5.74, 6) is 0. The van der Waals surface area contributed by atoms with E-state index in [1.807, 2.05) is 19.2 Å². The standard InChI is InChI=1S/C11H12ClNS/c1-7(13-2)9-6-14-11-8(9)4-3-5-10(11)12/h3-7,13H,1-2H3. The van der Waals surface area contributed by atoms with E-state index >= 15 is 0 Å². The number of nitrogens with one attached hydrogen (secondary N) is 1. The van der Waals surface area contributed by atoms with Crippen molar-refractivity contribution in [2.45, 2.75) is 13.0 Å². The van der Waals surface area contributed by atoms with Crippen molar-refractivity contribution in [2.75, 3.05) is 7.05 Å². The summed E-state index contributed by atoms with van der Waals surface area (Å²) in [7, 11) is 1.97. The van der Waals surface area contributed by atoms with E-state index in [2.05, 4.69) is 23.7 Å². The van der Waals surface area contributed by atoms with Crippen LogP contribution >= 0.6 is 22.9 Å². The number of fused-ring (bicyclic) bond motifs is 1. The fourth-order valence-corrected chi connectivity index (χ4v) is 2.91. The van der Waals surface area contributed by atoms with Gasteiger partial charge in [-0.2, -0.15) is 0 Å². The lowest BCUT2D eigenvalue weighted by Gasteiger charge is -2.08. The third kappa shape index (κ3) is 1.54. The smallest absolute Gasteiger partial charge is 0.0584 e. The maximum Gasteiger partial charge on any atom is 0.0584 e. The predicted molar refractivity (Wildman–Crippen MR) is 64.3 cm³/mol. The Kier molecular flexibility index (Phi) is 2.77. The molecule has 0 aliphatic carbocycles. The molecule has 1 N–H and O–H groups in total. The van der Waals surface area contributed by atoms with Crippen molar-refractivity contribution >= 4 is 33.0 Å². The fourth-order valence-electron chi connectivity index (χ4n) is 1.53. The zero-order chi connectivity index (χ0) is 10.1. The normalized spacial score (nSPS) is 13.4. The Balaban J connectivity index is 2.63. The van der Waals surface area contributed by atoms with Gasteiger partial charge in [-0.25, -0.2) is 0 Å². The molecule has 0 radical (unpaired) electrons. The molecule has 3 heteroatoms. The minimum Gasteiger partial charge on any atom is -0.313 e. The van der Waals surface area contributed by atoms with Crippen molar-refractivity contribution in [3.05, 3.63) is 34.2 Å². The molecule has 0 saturated heterocycles. The van der Waals surface area contributed by atoms with E-state index in [1.54, 1.807) is 11.3 Å². The SMILES string of the molecule is CNC(C)c1csc2c(Cl)cccc12. The van der Waals surface area contributed by atoms with Gasteiger partial charge in [0, 0.05) is 6.04 Å². The second-order valence-corrected chi connectivity index (χ2v) is 4.60. The van der Waals surface area contributed by atoms with Gasteiger partial charge in [-0.1, -0.05) is 23.7 Å². The largest absolute Gasteiger partial charge is 0.313 e. The van der Waals surface area contributed by atoms with Gasteiger partial charge >= 0.3 is 0 Å². The first-order valence-electron chi connectivity index (χ1n) is 4.57. The van der Waals surface area contributed by atoms with Crippen LogP contribution in [0.3, 0.4) is 0 Å². The molecule has 0 bridgehead atoms. The number of hydrogen-bond acceptors (Lipinski definition) is 2. The zero-order valence-corrected chi connectivity index (χ0v) is 9.75. The van der Waals surface area contributed by atoms with Crippen LogP contribution in [0.1, 0.15) is 18.5 Å². The number of thiophene rings is 1. The molecule has 1 atom stereocenters. The topological polar surface area (TPSA) is 12.0 Å². The van der Waals surface area contributed by atoms with Crippen LogP contribution in [0.15, 0.2) is 23.6 Å². The van der Waals surface area contributed by atoms with Gasteiger partial charge in [0.05, 0.1) is 9.72 Å². The van der Waals surface area contributed by atoms with E-state index in [0.29, 0.717) is 6.04 Å². The second-order valence-electron chi connectivity index (χ2n) is 3.32. The minimum absolute atomic E-state index is 0.377. The number of halogens is 1. The van der Waals surface area contributed by atoms with Crippen LogP contribution in [0.2, 0.25) is 5.02 Å². The molecular weight excluding hydrogens is 214 g/mol. The fraction of sp³-hybridized carbons (Fsp3) is 0.273. The molecule has 0 spiro atoms. The highest BCUT2D eigenvalue weighted by molar-refractivity contribution is 7.18. The Morgan fingerprint density at radius 2 is 2.21 bits per heavy atom. The monoisotopic (exact) mass is 225 g/mol. The first-order valence-corrected chi connectivity index (χ1v) is 5.82. The van der Waals surface area contributed by atoms with E-state index in [0.717, 1.165) is 5.02 Å². The molecule has 14 heavy (non-hydrogen) atoms. The first kappa shape index (κ1) is 9.97. The van der Waals surface area contributed by atoms with Crippen molar-refractivity contribution in [3.63, 3.8) is 0 Å². The third-order valence-corrected chi connectivity index (χ3v) is 3.96. The van der Waals surface area contributed by atoms with E-state index in [9.17, 15) is 0 Å².